The van der Waals surface area contributed by atoms with Crippen molar-refractivity contribution in [3.8, 4) is 0 Å². The topological polar surface area (TPSA) is 62.3 Å². The smallest absolute Gasteiger partial charge is 0.404 e. The maximum Gasteiger partial charge on any atom is 0.515 e. The van der Waals surface area contributed by atoms with E-state index in [0.29, 0.717) is 25.4 Å². The first-order chi connectivity index (χ1) is 8.84. The molecule has 1 aromatic carbocycles. The molecule has 1 aromatic heterocycles. The molecule has 0 bridgehead atoms. The Morgan fingerprint density at radius 2 is 1.94 bits per heavy atom. The lowest BCUT2D eigenvalue weighted by Gasteiger charge is -2.10. The SMILES string of the molecule is Nc1cnn(Cc2ccccc2)c1B1OCCO1. The van der Waals surface area contributed by atoms with Crippen molar-refractivity contribution in [2.45, 2.75) is 6.54 Å². The Hall–Kier alpha value is -1.79. The zero-order valence-electron chi connectivity index (χ0n) is 9.95. The molecule has 1 fully saturated rings. The summed E-state index contributed by atoms with van der Waals surface area (Å²) in [4.78, 5) is 0. The van der Waals surface area contributed by atoms with E-state index in [2.05, 4.69) is 17.2 Å². The van der Waals surface area contributed by atoms with Gasteiger partial charge >= 0.3 is 7.12 Å². The number of anilines is 1. The third kappa shape index (κ3) is 2.12. The van der Waals surface area contributed by atoms with Crippen molar-refractivity contribution < 1.29 is 9.31 Å². The molecule has 0 spiro atoms. The second-order valence-electron chi connectivity index (χ2n) is 4.20. The summed E-state index contributed by atoms with van der Waals surface area (Å²) in [5, 5.41) is 4.29. The van der Waals surface area contributed by atoms with Gasteiger partial charge in [-0.15, -0.1) is 0 Å². The van der Waals surface area contributed by atoms with Crippen LogP contribution in [-0.2, 0) is 15.9 Å². The largest absolute Gasteiger partial charge is 0.515 e. The Labute approximate surface area is 106 Å². The Kier molecular flexibility index (Phi) is 3.04. The van der Waals surface area contributed by atoms with Crippen molar-refractivity contribution in [1.82, 2.24) is 9.78 Å². The second-order valence-corrected chi connectivity index (χ2v) is 4.20. The molecule has 6 heteroatoms. The van der Waals surface area contributed by atoms with E-state index in [0.717, 1.165) is 5.59 Å². The standard InChI is InChI=1S/C12H14BN3O2/c14-11-8-15-16(9-10-4-2-1-3-5-10)12(11)13-17-6-7-18-13/h1-5,8H,6-7,9,14H2. The van der Waals surface area contributed by atoms with Crippen LogP contribution in [0.3, 0.4) is 0 Å². The average Bonchev–Trinajstić information content (AvgIpc) is 3.01. The van der Waals surface area contributed by atoms with Crippen LogP contribution >= 0.6 is 0 Å². The van der Waals surface area contributed by atoms with Crippen LogP contribution in [0.2, 0.25) is 0 Å². The minimum absolute atomic E-state index is 0.392. The zero-order valence-corrected chi connectivity index (χ0v) is 9.95. The van der Waals surface area contributed by atoms with Crippen LogP contribution < -0.4 is 11.3 Å². The predicted molar refractivity (Wildman–Crippen MR) is 69.5 cm³/mol. The number of rotatable bonds is 3. The number of hydrogen-bond acceptors (Lipinski definition) is 4. The summed E-state index contributed by atoms with van der Waals surface area (Å²) < 4.78 is 12.8. The molecule has 92 valence electrons. The molecule has 0 unspecified atom stereocenters. The summed E-state index contributed by atoms with van der Waals surface area (Å²) in [6.07, 6.45) is 1.64. The van der Waals surface area contributed by atoms with Crippen LogP contribution in [-0.4, -0.2) is 30.1 Å². The van der Waals surface area contributed by atoms with Gasteiger partial charge in [-0.05, 0) is 5.56 Å². The molecule has 5 nitrogen and oxygen atoms in total. The van der Waals surface area contributed by atoms with Crippen molar-refractivity contribution in [3.05, 3.63) is 42.1 Å². The summed E-state index contributed by atoms with van der Waals surface area (Å²) in [7, 11) is -0.392. The van der Waals surface area contributed by atoms with E-state index in [9.17, 15) is 0 Å². The first-order valence-electron chi connectivity index (χ1n) is 5.93. The van der Waals surface area contributed by atoms with Crippen LogP contribution in [0.1, 0.15) is 5.56 Å². The number of hydrogen-bond donors (Lipinski definition) is 1. The zero-order chi connectivity index (χ0) is 12.4. The molecule has 3 rings (SSSR count). The molecule has 2 heterocycles. The fraction of sp³-hybridized carbons (Fsp3) is 0.250. The van der Waals surface area contributed by atoms with Gasteiger partial charge in [0.1, 0.15) is 0 Å². The summed E-state index contributed by atoms with van der Waals surface area (Å²) in [5.41, 5.74) is 8.51. The molecule has 2 N–H and O–H groups in total. The van der Waals surface area contributed by atoms with Crippen LogP contribution in [0.25, 0.3) is 0 Å². The van der Waals surface area contributed by atoms with Gasteiger partial charge in [0.05, 0.1) is 37.2 Å². The van der Waals surface area contributed by atoms with Gasteiger partial charge in [0.2, 0.25) is 0 Å². The summed E-state index contributed by atoms with van der Waals surface area (Å²) in [6, 6.07) is 10.1. The second kappa shape index (κ2) is 4.84. The maximum atomic E-state index is 5.93. The highest BCUT2D eigenvalue weighted by Crippen LogP contribution is 2.08. The molecule has 0 amide bonds. The van der Waals surface area contributed by atoms with E-state index in [1.54, 1.807) is 6.20 Å². The van der Waals surface area contributed by atoms with E-state index in [1.165, 1.54) is 5.56 Å². The normalized spacial score (nSPS) is 15.2. The van der Waals surface area contributed by atoms with E-state index >= 15 is 0 Å². The van der Waals surface area contributed by atoms with E-state index in [-0.39, 0.29) is 0 Å². The number of benzene rings is 1. The van der Waals surface area contributed by atoms with Gasteiger partial charge < -0.3 is 15.0 Å². The Morgan fingerprint density at radius 3 is 2.67 bits per heavy atom. The molecule has 18 heavy (non-hydrogen) atoms. The van der Waals surface area contributed by atoms with Gasteiger partial charge in [0.15, 0.2) is 0 Å². The monoisotopic (exact) mass is 243 g/mol. The van der Waals surface area contributed by atoms with Crippen molar-refractivity contribution >= 4 is 18.4 Å². The summed E-state index contributed by atoms with van der Waals surface area (Å²) >= 11 is 0. The fourth-order valence-electron chi connectivity index (χ4n) is 2.07. The number of nitrogens with two attached hydrogens (primary N) is 1. The van der Waals surface area contributed by atoms with E-state index in [4.69, 9.17) is 15.0 Å². The van der Waals surface area contributed by atoms with E-state index in [1.807, 2.05) is 22.9 Å². The lowest BCUT2D eigenvalue weighted by molar-refractivity contribution is 0.365. The van der Waals surface area contributed by atoms with Gasteiger partial charge in [-0.2, -0.15) is 5.10 Å². The molecule has 1 saturated heterocycles. The van der Waals surface area contributed by atoms with Crippen LogP contribution in [0, 0.1) is 0 Å². The fourth-order valence-corrected chi connectivity index (χ4v) is 2.07. The quantitative estimate of drug-likeness (QED) is 0.785. The highest BCUT2D eigenvalue weighted by Gasteiger charge is 2.32. The molecule has 0 atom stereocenters. The minimum Gasteiger partial charge on any atom is -0.404 e. The first kappa shape index (κ1) is 11.3. The van der Waals surface area contributed by atoms with Crippen molar-refractivity contribution in [2.24, 2.45) is 0 Å². The van der Waals surface area contributed by atoms with Gasteiger partial charge in [0.25, 0.3) is 0 Å². The molecular formula is C12H14BN3O2. The lowest BCUT2D eigenvalue weighted by Crippen LogP contribution is -2.39. The van der Waals surface area contributed by atoms with Gasteiger partial charge in [-0.1, -0.05) is 30.3 Å². The molecule has 2 aromatic rings. The summed E-state index contributed by atoms with van der Waals surface area (Å²) in [5.74, 6) is 0. The highest BCUT2D eigenvalue weighted by atomic mass is 16.6. The van der Waals surface area contributed by atoms with Gasteiger partial charge in [0, 0.05) is 0 Å². The molecule has 0 aliphatic carbocycles. The molecule has 0 radical (unpaired) electrons. The first-order valence-corrected chi connectivity index (χ1v) is 5.93. The average molecular weight is 243 g/mol. The highest BCUT2D eigenvalue weighted by molar-refractivity contribution is 6.62. The molecule has 1 aliphatic heterocycles. The Bertz CT molecular complexity index is 523. The lowest BCUT2D eigenvalue weighted by atomic mass is 9.84. The molecule has 1 aliphatic rings. The third-order valence-corrected chi connectivity index (χ3v) is 2.93. The number of nitrogen functional groups attached to an aromatic ring is 1. The van der Waals surface area contributed by atoms with Crippen molar-refractivity contribution in [3.63, 3.8) is 0 Å². The predicted octanol–water partition coefficient (Wildman–Crippen LogP) is 0.256. The van der Waals surface area contributed by atoms with E-state index < -0.39 is 7.12 Å². The van der Waals surface area contributed by atoms with Crippen molar-refractivity contribution in [2.75, 3.05) is 18.9 Å². The van der Waals surface area contributed by atoms with Crippen molar-refractivity contribution in [1.29, 1.82) is 0 Å². The van der Waals surface area contributed by atoms with Gasteiger partial charge in [-0.3, -0.25) is 4.68 Å². The maximum absolute atomic E-state index is 5.93. The summed E-state index contributed by atoms with van der Waals surface area (Å²) in [6.45, 7) is 1.86. The third-order valence-electron chi connectivity index (χ3n) is 2.93. The van der Waals surface area contributed by atoms with Crippen LogP contribution in [0.4, 0.5) is 5.69 Å². The number of aromatic nitrogens is 2. The number of nitrogens with zero attached hydrogens (tertiary/aromatic N) is 2. The van der Waals surface area contributed by atoms with Crippen LogP contribution in [0.15, 0.2) is 36.5 Å². The Balaban J connectivity index is 1.88. The van der Waals surface area contributed by atoms with Crippen LogP contribution in [0.5, 0.6) is 0 Å². The minimum atomic E-state index is -0.392. The molecule has 0 saturated carbocycles. The van der Waals surface area contributed by atoms with Gasteiger partial charge in [-0.25, -0.2) is 0 Å². The molecular weight excluding hydrogens is 229 g/mol. The Morgan fingerprint density at radius 1 is 1.22 bits per heavy atom.